The summed E-state index contributed by atoms with van der Waals surface area (Å²) in [7, 11) is -1.02. The normalized spacial score (nSPS) is 27.9. The van der Waals surface area contributed by atoms with E-state index in [2.05, 4.69) is 52.9 Å². The summed E-state index contributed by atoms with van der Waals surface area (Å²) in [6.07, 6.45) is 18.6. The number of carbonyl (C=O) groups excluding carboxylic acids is 1. The van der Waals surface area contributed by atoms with Crippen molar-refractivity contribution in [3.05, 3.63) is 61.1 Å². The van der Waals surface area contributed by atoms with Crippen molar-refractivity contribution in [3.63, 3.8) is 0 Å². The monoisotopic (exact) mass is 708 g/mol. The van der Waals surface area contributed by atoms with Gasteiger partial charge in [0, 0.05) is 18.9 Å². The predicted octanol–water partition coefficient (Wildman–Crippen LogP) is 7.57. The molecule has 49 heavy (non-hydrogen) atoms. The van der Waals surface area contributed by atoms with E-state index >= 15 is 4.39 Å². The van der Waals surface area contributed by atoms with E-state index in [4.69, 9.17) is 28.1 Å². The fourth-order valence-electron chi connectivity index (χ4n) is 6.31. The second-order valence-corrected chi connectivity index (χ2v) is 19.6. The first-order valence-corrected chi connectivity index (χ1v) is 20.9. The number of ether oxygens (including phenoxy) is 5. The Morgan fingerprint density at radius 2 is 1.63 bits per heavy atom. The highest BCUT2D eigenvalue weighted by Gasteiger charge is 2.52. The van der Waals surface area contributed by atoms with Crippen LogP contribution in [-0.2, 0) is 32.9 Å². The van der Waals surface area contributed by atoms with Gasteiger partial charge in [0.1, 0.15) is 0 Å². The maximum absolute atomic E-state index is 16.5. The molecule has 1 fully saturated rings. The Bertz CT molecular complexity index is 1160. The van der Waals surface area contributed by atoms with Gasteiger partial charge in [-0.15, -0.1) is 0 Å². The van der Waals surface area contributed by atoms with Crippen LogP contribution >= 0.6 is 0 Å². The van der Waals surface area contributed by atoms with Gasteiger partial charge < -0.3 is 38.3 Å². The first kappa shape index (κ1) is 41.1. The van der Waals surface area contributed by atoms with Crippen LogP contribution in [0.4, 0.5) is 4.39 Å². The molecule has 3 aliphatic rings. The smallest absolute Gasteiger partial charge is 0.346 e. The molecule has 2 aliphatic heterocycles. The molecule has 0 aromatic carbocycles. The summed E-state index contributed by atoms with van der Waals surface area (Å²) in [6, 6.07) is 0. The molecule has 1 aliphatic carbocycles. The van der Waals surface area contributed by atoms with Crippen molar-refractivity contribution >= 4 is 14.3 Å². The molecule has 0 bridgehead atoms. The summed E-state index contributed by atoms with van der Waals surface area (Å²) in [5, 5.41) is 20.9. The third kappa shape index (κ3) is 11.9. The van der Waals surface area contributed by atoms with Crippen molar-refractivity contribution in [2.24, 2.45) is 11.8 Å². The lowest BCUT2D eigenvalue weighted by Gasteiger charge is -2.39. The Balaban J connectivity index is 2.02. The van der Waals surface area contributed by atoms with E-state index in [-0.39, 0.29) is 42.9 Å². The van der Waals surface area contributed by atoms with Crippen molar-refractivity contribution in [2.75, 3.05) is 13.7 Å². The predicted molar refractivity (Wildman–Crippen MR) is 190 cm³/mol. The Kier molecular flexibility index (Phi) is 16.3. The zero-order chi connectivity index (χ0) is 36.1. The molecule has 11 heteroatoms. The van der Waals surface area contributed by atoms with Crippen LogP contribution in [0.5, 0.6) is 0 Å². The van der Waals surface area contributed by atoms with Crippen LogP contribution in [0.15, 0.2) is 61.1 Å². The summed E-state index contributed by atoms with van der Waals surface area (Å²) >= 11 is 0. The Morgan fingerprint density at radius 1 is 1.00 bits per heavy atom. The van der Waals surface area contributed by atoms with Gasteiger partial charge in [0.05, 0.1) is 44.0 Å². The van der Waals surface area contributed by atoms with Gasteiger partial charge in [0.15, 0.2) is 8.32 Å². The highest BCUT2D eigenvalue weighted by molar-refractivity contribution is 6.74. The van der Waals surface area contributed by atoms with Crippen LogP contribution in [0.3, 0.4) is 0 Å². The van der Waals surface area contributed by atoms with E-state index in [0.29, 0.717) is 12.8 Å². The number of halogens is 1. The van der Waals surface area contributed by atoms with Gasteiger partial charge in [-0.05, 0) is 80.5 Å². The molecular weight excluding hydrogens is 647 g/mol. The third-order valence-corrected chi connectivity index (χ3v) is 14.7. The molecule has 0 spiro atoms. The highest BCUT2D eigenvalue weighted by Crippen LogP contribution is 2.44. The summed E-state index contributed by atoms with van der Waals surface area (Å²) in [5.41, 5.74) is -2.67. The number of aliphatic hydroxyl groups excluding tert-OH is 2. The molecule has 4 unspecified atom stereocenters. The molecule has 0 aromatic heterocycles. The highest BCUT2D eigenvalue weighted by atomic mass is 28.4. The number of rotatable bonds is 20. The standard InChI is InChI=1S/C38H61FO9Si/c1-8-9-10-17-28(48-49(6,7)37(2,3)4)20-21-29-30(26-33(41)38(39,36(42)43-5)22-13-14-23-40)32(47-35-19-12-16-25-45-35)27-31(29)46-34-18-11-15-24-44-34/h11-12,15-16,18-21,24-25,28-35,40-41H,8-10,13-14,17,22-23,26-27H2,1-7H3/b21-20+/t28?,29?,30-,31-,32+,33?,34-,35-,38?/m1/s1. The largest absolute Gasteiger partial charge is 0.469 e. The Hall–Kier alpha value is -2.28. The lowest BCUT2D eigenvalue weighted by atomic mass is 9.81. The number of allylic oxidation sites excluding steroid dienone is 4. The van der Waals surface area contributed by atoms with Gasteiger partial charge in [-0.1, -0.05) is 71.3 Å². The van der Waals surface area contributed by atoms with Crippen LogP contribution in [-0.4, -0.2) is 80.9 Å². The van der Waals surface area contributed by atoms with Crippen LogP contribution in [0.25, 0.3) is 0 Å². The van der Waals surface area contributed by atoms with E-state index in [9.17, 15) is 15.0 Å². The molecule has 0 aromatic rings. The number of esters is 1. The summed E-state index contributed by atoms with van der Waals surface area (Å²) < 4.78 is 52.7. The fourth-order valence-corrected chi connectivity index (χ4v) is 7.62. The van der Waals surface area contributed by atoms with Crippen molar-refractivity contribution < 1.29 is 47.5 Å². The number of hydrogen-bond acceptors (Lipinski definition) is 9. The first-order chi connectivity index (χ1) is 23.3. The lowest BCUT2D eigenvalue weighted by molar-refractivity contribution is -0.168. The molecule has 1 saturated carbocycles. The number of unbranched alkanes of at least 4 members (excludes halogenated alkanes) is 3. The average molecular weight is 709 g/mol. The van der Waals surface area contributed by atoms with Crippen LogP contribution in [0.1, 0.15) is 85.5 Å². The minimum Gasteiger partial charge on any atom is -0.469 e. The zero-order valence-corrected chi connectivity index (χ0v) is 31.6. The van der Waals surface area contributed by atoms with E-state index in [0.717, 1.165) is 32.8 Å². The van der Waals surface area contributed by atoms with Crippen molar-refractivity contribution in [3.8, 4) is 0 Å². The molecule has 2 N–H and O–H groups in total. The molecular formula is C38H61FO9Si. The van der Waals surface area contributed by atoms with E-state index in [1.165, 1.54) is 0 Å². The number of carbonyl (C=O) groups is 1. The van der Waals surface area contributed by atoms with Gasteiger partial charge in [-0.25, -0.2) is 9.18 Å². The molecule has 0 amide bonds. The van der Waals surface area contributed by atoms with Crippen molar-refractivity contribution in [1.82, 2.24) is 0 Å². The number of hydrogen-bond donors (Lipinski definition) is 2. The van der Waals surface area contributed by atoms with E-state index < -0.39 is 56.8 Å². The number of aliphatic hydroxyl groups is 2. The van der Waals surface area contributed by atoms with Crippen LogP contribution < -0.4 is 0 Å². The van der Waals surface area contributed by atoms with Crippen LogP contribution in [0, 0.1) is 11.8 Å². The summed E-state index contributed by atoms with van der Waals surface area (Å²) in [4.78, 5) is 12.8. The molecule has 9 nitrogen and oxygen atoms in total. The number of alkyl halides is 1. The Labute approximate surface area is 294 Å². The van der Waals surface area contributed by atoms with Crippen molar-refractivity contribution in [1.29, 1.82) is 0 Å². The quantitative estimate of drug-likeness (QED) is 0.0573. The zero-order valence-electron chi connectivity index (χ0n) is 30.6. The summed E-state index contributed by atoms with van der Waals surface area (Å²) in [6.45, 7) is 13.2. The van der Waals surface area contributed by atoms with E-state index in [1.54, 1.807) is 30.8 Å². The minimum absolute atomic E-state index is 0.0168. The molecule has 9 atom stereocenters. The average Bonchev–Trinajstić information content (AvgIpc) is 3.37. The minimum atomic E-state index is -2.67. The van der Waals surface area contributed by atoms with Gasteiger partial charge in [0.2, 0.25) is 18.2 Å². The molecule has 0 saturated heterocycles. The van der Waals surface area contributed by atoms with Crippen molar-refractivity contribution in [2.45, 2.75) is 146 Å². The second-order valence-electron chi connectivity index (χ2n) is 14.8. The maximum atomic E-state index is 16.5. The van der Waals surface area contributed by atoms with Gasteiger partial charge >= 0.3 is 5.97 Å². The topological polar surface area (TPSA) is 113 Å². The first-order valence-electron chi connectivity index (χ1n) is 18.0. The third-order valence-electron chi connectivity index (χ3n) is 10.2. The molecule has 2 heterocycles. The second kappa shape index (κ2) is 19.4. The van der Waals surface area contributed by atoms with Gasteiger partial charge in [0.25, 0.3) is 0 Å². The fraction of sp³-hybridized carbons (Fsp3) is 0.711. The van der Waals surface area contributed by atoms with E-state index in [1.807, 2.05) is 18.2 Å². The summed E-state index contributed by atoms with van der Waals surface area (Å²) in [5.74, 6) is -1.98. The Morgan fingerprint density at radius 3 is 2.16 bits per heavy atom. The van der Waals surface area contributed by atoms with Crippen LogP contribution in [0.2, 0.25) is 18.1 Å². The van der Waals surface area contributed by atoms with Gasteiger partial charge in [-0.3, -0.25) is 0 Å². The number of methoxy groups -OCH3 is 1. The maximum Gasteiger partial charge on any atom is 0.346 e. The lowest BCUT2D eigenvalue weighted by Crippen LogP contribution is -2.48. The molecule has 278 valence electrons. The molecule has 0 radical (unpaired) electrons. The molecule has 3 rings (SSSR count). The van der Waals surface area contributed by atoms with Gasteiger partial charge in [-0.2, -0.15) is 0 Å². The SMILES string of the molecule is CCCCCC(/C=C/C1[C@@H](CC(O)C(F)(CCCCO)C(=O)OC)[C@@H](O[C@@H]2C=CC=CO2)C[C@H]1O[C@@H]1C=CC=CO1)O[Si](C)(C)C(C)(C)C.